The summed E-state index contributed by atoms with van der Waals surface area (Å²) in [5, 5.41) is 9.93. The first-order chi connectivity index (χ1) is 6.31. The van der Waals surface area contributed by atoms with Gasteiger partial charge in [-0.1, -0.05) is 6.07 Å². The van der Waals surface area contributed by atoms with Crippen LogP contribution in [0.2, 0.25) is 0 Å². The van der Waals surface area contributed by atoms with Gasteiger partial charge >= 0.3 is 0 Å². The van der Waals surface area contributed by atoms with E-state index in [9.17, 15) is 0 Å². The minimum absolute atomic E-state index is 0.810. The van der Waals surface area contributed by atoms with Crippen LogP contribution in [0.5, 0.6) is 0 Å². The van der Waals surface area contributed by atoms with Crippen molar-refractivity contribution in [1.29, 1.82) is 0 Å². The van der Waals surface area contributed by atoms with E-state index in [4.69, 9.17) is 5.21 Å². The van der Waals surface area contributed by atoms with Crippen molar-refractivity contribution in [3.05, 3.63) is 36.0 Å². The van der Waals surface area contributed by atoms with E-state index in [1.165, 1.54) is 0 Å². The van der Waals surface area contributed by atoms with Crippen molar-refractivity contribution in [3.63, 3.8) is 0 Å². The zero-order valence-electron chi connectivity index (χ0n) is 7.36. The number of hydrogen-bond acceptors (Lipinski definition) is 2. The third-order valence-electron chi connectivity index (χ3n) is 2.04. The molecule has 0 fully saturated rings. The van der Waals surface area contributed by atoms with Crippen LogP contribution in [0.4, 0.5) is 5.69 Å². The van der Waals surface area contributed by atoms with Crippen LogP contribution >= 0.6 is 0 Å². The summed E-state index contributed by atoms with van der Waals surface area (Å²) in [5.74, 6) is 0. The van der Waals surface area contributed by atoms with E-state index in [0.717, 1.165) is 27.8 Å². The smallest absolute Gasteiger partial charge is 0.171 e. The molecule has 2 rings (SSSR count). The molecular formula is C10H11N2O+. The summed E-state index contributed by atoms with van der Waals surface area (Å²) in [7, 11) is 0. The van der Waals surface area contributed by atoms with Gasteiger partial charge in [-0.25, -0.2) is 5.21 Å². The minimum atomic E-state index is 0.810. The van der Waals surface area contributed by atoms with Crippen molar-refractivity contribution in [2.24, 2.45) is 0 Å². The average molecular weight is 175 g/mol. The van der Waals surface area contributed by atoms with Gasteiger partial charge in [-0.15, -0.1) is 0 Å². The fourth-order valence-electron chi connectivity index (χ4n) is 1.39. The van der Waals surface area contributed by atoms with Gasteiger partial charge in [0, 0.05) is 11.8 Å². The van der Waals surface area contributed by atoms with Crippen LogP contribution in [0.15, 0.2) is 30.3 Å². The Morgan fingerprint density at radius 1 is 1.23 bits per heavy atom. The number of nitrogens with zero attached hydrogens (tertiary/aromatic N) is 1. The van der Waals surface area contributed by atoms with Crippen molar-refractivity contribution in [1.82, 2.24) is 4.98 Å². The topological polar surface area (TPSA) is 49.7 Å². The highest BCUT2D eigenvalue weighted by Crippen LogP contribution is 2.17. The zero-order chi connectivity index (χ0) is 9.26. The molecule has 1 aromatic carbocycles. The second kappa shape index (κ2) is 3.12. The van der Waals surface area contributed by atoms with Gasteiger partial charge in [0.2, 0.25) is 0 Å². The summed E-state index contributed by atoms with van der Waals surface area (Å²) >= 11 is 0. The molecule has 0 bridgehead atoms. The SMILES string of the molecule is Cc1ccc2c([NH2+]O)cccc2n1. The van der Waals surface area contributed by atoms with E-state index in [1.807, 2.05) is 37.3 Å². The monoisotopic (exact) mass is 175 g/mol. The summed E-state index contributed by atoms with van der Waals surface area (Å²) in [4.78, 5) is 4.35. The van der Waals surface area contributed by atoms with Gasteiger partial charge in [0.1, 0.15) is 0 Å². The Morgan fingerprint density at radius 2 is 2.08 bits per heavy atom. The molecule has 0 spiro atoms. The first kappa shape index (κ1) is 8.16. The summed E-state index contributed by atoms with van der Waals surface area (Å²) < 4.78 is 0. The highest BCUT2D eigenvalue weighted by molar-refractivity contribution is 5.87. The third kappa shape index (κ3) is 1.39. The average Bonchev–Trinajstić information content (AvgIpc) is 2.16. The van der Waals surface area contributed by atoms with Crippen LogP contribution in [0.25, 0.3) is 10.9 Å². The van der Waals surface area contributed by atoms with Gasteiger partial charge in [0.25, 0.3) is 0 Å². The highest BCUT2D eigenvalue weighted by atomic mass is 16.5. The Labute approximate surface area is 76.0 Å². The maximum atomic E-state index is 8.95. The number of aryl methyl sites for hydroxylation is 1. The molecule has 1 heterocycles. The summed E-state index contributed by atoms with van der Waals surface area (Å²) in [6.07, 6.45) is 0. The van der Waals surface area contributed by atoms with Crippen LogP contribution in [-0.2, 0) is 0 Å². The largest absolute Gasteiger partial charge is 0.253 e. The first-order valence-electron chi connectivity index (χ1n) is 4.15. The molecule has 0 unspecified atom stereocenters. The second-order valence-corrected chi connectivity index (χ2v) is 3.00. The number of aromatic nitrogens is 1. The van der Waals surface area contributed by atoms with Crippen LogP contribution in [0.3, 0.4) is 0 Å². The van der Waals surface area contributed by atoms with Crippen molar-refractivity contribution >= 4 is 16.6 Å². The lowest BCUT2D eigenvalue weighted by Crippen LogP contribution is -2.73. The molecule has 2 aromatic rings. The molecule has 0 amide bonds. The van der Waals surface area contributed by atoms with Crippen molar-refractivity contribution < 1.29 is 10.7 Å². The number of pyridine rings is 1. The predicted molar refractivity (Wildman–Crippen MR) is 49.9 cm³/mol. The van der Waals surface area contributed by atoms with Crippen molar-refractivity contribution in [2.75, 3.05) is 0 Å². The molecule has 1 aromatic heterocycles. The van der Waals surface area contributed by atoms with Gasteiger partial charge in [0.05, 0.1) is 10.9 Å². The number of benzene rings is 1. The van der Waals surface area contributed by atoms with Crippen LogP contribution < -0.4 is 5.48 Å². The van der Waals surface area contributed by atoms with Gasteiger partial charge in [-0.05, 0) is 25.1 Å². The number of nitrogens with two attached hydrogens (primary N) is 1. The predicted octanol–water partition coefficient (Wildman–Crippen LogP) is 1.13. The molecular weight excluding hydrogens is 164 g/mol. The van der Waals surface area contributed by atoms with E-state index in [-0.39, 0.29) is 0 Å². The second-order valence-electron chi connectivity index (χ2n) is 3.00. The molecule has 0 aliphatic heterocycles. The first-order valence-corrected chi connectivity index (χ1v) is 4.15. The lowest BCUT2D eigenvalue weighted by molar-refractivity contribution is -0.824. The summed E-state index contributed by atoms with van der Waals surface area (Å²) in [5.41, 5.74) is 3.83. The Hall–Kier alpha value is -1.45. The van der Waals surface area contributed by atoms with Gasteiger partial charge < -0.3 is 0 Å². The Bertz CT molecular complexity index is 440. The van der Waals surface area contributed by atoms with E-state index < -0.39 is 0 Å². The molecule has 0 atom stereocenters. The summed E-state index contributed by atoms with van der Waals surface area (Å²) in [6, 6.07) is 9.60. The Morgan fingerprint density at radius 3 is 2.85 bits per heavy atom. The van der Waals surface area contributed by atoms with Crippen LogP contribution in [-0.4, -0.2) is 10.2 Å². The van der Waals surface area contributed by atoms with Crippen LogP contribution in [0, 0.1) is 6.92 Å². The van der Waals surface area contributed by atoms with E-state index in [0.29, 0.717) is 0 Å². The molecule has 3 N–H and O–H groups in total. The fraction of sp³-hybridized carbons (Fsp3) is 0.100. The normalized spacial score (nSPS) is 10.6. The lowest BCUT2D eigenvalue weighted by atomic mass is 10.2. The molecule has 3 nitrogen and oxygen atoms in total. The highest BCUT2D eigenvalue weighted by Gasteiger charge is 2.03. The molecule has 3 heteroatoms. The number of rotatable bonds is 1. The standard InChI is InChI=1S/C10H10N2O/c1-7-5-6-8-9(11-7)3-2-4-10(8)12-13/h2-6,12-13H,1H3/p+1. The lowest BCUT2D eigenvalue weighted by Gasteiger charge is -2.00. The minimum Gasteiger partial charge on any atom is -0.253 e. The molecule has 66 valence electrons. The Kier molecular flexibility index (Phi) is 1.96. The van der Waals surface area contributed by atoms with Crippen molar-refractivity contribution in [2.45, 2.75) is 6.92 Å². The van der Waals surface area contributed by atoms with E-state index in [2.05, 4.69) is 4.98 Å². The molecule has 0 aliphatic carbocycles. The number of fused-ring (bicyclic) bond motifs is 1. The van der Waals surface area contributed by atoms with Gasteiger partial charge in [-0.2, -0.15) is 5.48 Å². The molecule has 0 saturated heterocycles. The maximum Gasteiger partial charge on any atom is 0.171 e. The Balaban J connectivity index is 2.77. The van der Waals surface area contributed by atoms with Gasteiger partial charge in [0.15, 0.2) is 5.69 Å². The molecule has 0 saturated carbocycles. The number of quaternary nitrogens is 1. The van der Waals surface area contributed by atoms with E-state index in [1.54, 1.807) is 0 Å². The fourth-order valence-corrected chi connectivity index (χ4v) is 1.39. The van der Waals surface area contributed by atoms with E-state index >= 15 is 0 Å². The molecule has 13 heavy (non-hydrogen) atoms. The zero-order valence-corrected chi connectivity index (χ0v) is 7.36. The maximum absolute atomic E-state index is 8.95. The van der Waals surface area contributed by atoms with Gasteiger partial charge in [-0.3, -0.25) is 4.98 Å². The quantitative estimate of drug-likeness (QED) is 0.504. The molecule has 0 radical (unpaired) electrons. The number of hydrogen-bond donors (Lipinski definition) is 2. The molecule has 0 aliphatic rings. The van der Waals surface area contributed by atoms with Crippen LogP contribution in [0.1, 0.15) is 5.69 Å². The third-order valence-corrected chi connectivity index (χ3v) is 2.04. The summed E-state index contributed by atoms with van der Waals surface area (Å²) in [6.45, 7) is 1.95. The van der Waals surface area contributed by atoms with Crippen molar-refractivity contribution in [3.8, 4) is 0 Å².